The van der Waals surface area contributed by atoms with Crippen LogP contribution in [0.25, 0.3) is 0 Å². The molecule has 0 bridgehead atoms. The van der Waals surface area contributed by atoms with Crippen molar-refractivity contribution >= 4 is 27.3 Å². The van der Waals surface area contributed by atoms with Gasteiger partial charge >= 0.3 is 0 Å². The highest BCUT2D eigenvalue weighted by atomic mass is 79.9. The van der Waals surface area contributed by atoms with E-state index in [1.165, 1.54) is 4.88 Å². The lowest BCUT2D eigenvalue weighted by Crippen LogP contribution is -1.98. The fourth-order valence-electron chi connectivity index (χ4n) is 1.55. The molecule has 2 heterocycles. The van der Waals surface area contributed by atoms with Crippen LogP contribution in [0.2, 0.25) is 0 Å². The number of aryl methyl sites for hydroxylation is 2. The van der Waals surface area contributed by atoms with Gasteiger partial charge in [0.05, 0.1) is 12.3 Å². The Balaban J connectivity index is 2.11. The number of hydrogen-bond acceptors (Lipinski definition) is 3. The molecular formula is C11H13BrN2OS. The Labute approximate surface area is 107 Å². The van der Waals surface area contributed by atoms with Crippen molar-refractivity contribution in [1.82, 2.24) is 9.78 Å². The Hall–Kier alpha value is -0.650. The minimum absolute atomic E-state index is 0.445. The average Bonchev–Trinajstić information content (AvgIpc) is 2.75. The molecule has 0 radical (unpaired) electrons. The molecule has 5 heteroatoms. The van der Waals surface area contributed by atoms with Crippen molar-refractivity contribution in [2.24, 2.45) is 7.05 Å². The molecule has 2 aromatic rings. The van der Waals surface area contributed by atoms with Crippen LogP contribution in [0, 0.1) is 6.92 Å². The summed E-state index contributed by atoms with van der Waals surface area (Å²) in [5, 5.41) is 14.2. The Morgan fingerprint density at radius 3 is 2.88 bits per heavy atom. The van der Waals surface area contributed by atoms with Gasteiger partial charge < -0.3 is 5.11 Å². The maximum absolute atomic E-state index is 10.1. The molecule has 16 heavy (non-hydrogen) atoms. The summed E-state index contributed by atoms with van der Waals surface area (Å²) in [7, 11) is 1.88. The van der Waals surface area contributed by atoms with Crippen molar-refractivity contribution in [3.05, 3.63) is 38.3 Å². The van der Waals surface area contributed by atoms with Gasteiger partial charge in [-0.3, -0.25) is 4.68 Å². The minimum atomic E-state index is -0.445. The summed E-state index contributed by atoms with van der Waals surface area (Å²) in [5.74, 6) is 0. The third kappa shape index (κ3) is 2.53. The van der Waals surface area contributed by atoms with Gasteiger partial charge in [-0.1, -0.05) is 0 Å². The summed E-state index contributed by atoms with van der Waals surface area (Å²) in [5.41, 5.74) is 1.05. The van der Waals surface area contributed by atoms with Crippen LogP contribution in [0.5, 0.6) is 0 Å². The zero-order valence-electron chi connectivity index (χ0n) is 9.14. The largest absolute Gasteiger partial charge is 0.387 e. The van der Waals surface area contributed by atoms with Crippen molar-refractivity contribution in [1.29, 1.82) is 0 Å². The maximum Gasteiger partial charge on any atom is 0.0923 e. The summed E-state index contributed by atoms with van der Waals surface area (Å²) in [6, 6.07) is 1.99. The van der Waals surface area contributed by atoms with E-state index in [1.54, 1.807) is 22.2 Å². The lowest BCUT2D eigenvalue weighted by molar-refractivity contribution is 0.182. The van der Waals surface area contributed by atoms with E-state index in [0.29, 0.717) is 6.42 Å². The molecule has 1 atom stereocenters. The number of aliphatic hydroxyl groups is 1. The number of thiophene rings is 1. The normalized spacial score (nSPS) is 13.0. The fraction of sp³-hybridized carbons (Fsp3) is 0.364. The van der Waals surface area contributed by atoms with Crippen LogP contribution in [0.3, 0.4) is 0 Å². The first-order valence-corrected chi connectivity index (χ1v) is 6.58. The zero-order valence-corrected chi connectivity index (χ0v) is 11.5. The third-order valence-electron chi connectivity index (χ3n) is 2.39. The number of halogens is 1. The van der Waals surface area contributed by atoms with Gasteiger partial charge in [0, 0.05) is 33.9 Å². The number of aromatic nitrogens is 2. The van der Waals surface area contributed by atoms with Crippen LogP contribution >= 0.6 is 27.3 Å². The first kappa shape index (κ1) is 11.8. The number of nitrogens with zero attached hydrogens (tertiary/aromatic N) is 2. The molecule has 2 aromatic heterocycles. The highest BCUT2D eigenvalue weighted by Gasteiger charge is 2.13. The lowest BCUT2D eigenvalue weighted by atomic mass is 10.1. The smallest absolute Gasteiger partial charge is 0.0923 e. The van der Waals surface area contributed by atoms with Crippen LogP contribution in [0.4, 0.5) is 0 Å². The van der Waals surface area contributed by atoms with Gasteiger partial charge in [0.25, 0.3) is 0 Å². The predicted molar refractivity (Wildman–Crippen MR) is 68.6 cm³/mol. The summed E-state index contributed by atoms with van der Waals surface area (Å²) in [4.78, 5) is 2.19. The number of aliphatic hydroxyl groups excluding tert-OH is 1. The third-order valence-corrected chi connectivity index (χ3v) is 4.63. The summed E-state index contributed by atoms with van der Waals surface area (Å²) in [6.45, 7) is 2.04. The quantitative estimate of drug-likeness (QED) is 0.946. The second kappa shape index (κ2) is 4.69. The van der Waals surface area contributed by atoms with E-state index >= 15 is 0 Å². The van der Waals surface area contributed by atoms with Crippen LogP contribution < -0.4 is 0 Å². The summed E-state index contributed by atoms with van der Waals surface area (Å²) >= 11 is 5.08. The molecule has 0 saturated heterocycles. The van der Waals surface area contributed by atoms with Gasteiger partial charge in [-0.05, 0) is 34.5 Å². The van der Waals surface area contributed by atoms with Crippen molar-refractivity contribution in [3.63, 3.8) is 0 Å². The second-order valence-electron chi connectivity index (χ2n) is 3.80. The Morgan fingerprint density at radius 1 is 1.62 bits per heavy atom. The zero-order chi connectivity index (χ0) is 11.7. The molecule has 0 amide bonds. The first-order chi connectivity index (χ1) is 7.56. The van der Waals surface area contributed by atoms with E-state index in [4.69, 9.17) is 0 Å². The highest BCUT2D eigenvalue weighted by molar-refractivity contribution is 9.10. The van der Waals surface area contributed by atoms with Gasteiger partial charge in [0.2, 0.25) is 0 Å². The van der Waals surface area contributed by atoms with Crippen LogP contribution in [0.15, 0.2) is 22.9 Å². The number of hydrogen-bond donors (Lipinski definition) is 1. The van der Waals surface area contributed by atoms with E-state index in [9.17, 15) is 5.11 Å². The average molecular weight is 301 g/mol. The van der Waals surface area contributed by atoms with E-state index in [2.05, 4.69) is 21.0 Å². The van der Waals surface area contributed by atoms with Gasteiger partial charge in [-0.15, -0.1) is 11.3 Å². The molecular weight excluding hydrogens is 288 g/mol. The van der Waals surface area contributed by atoms with Gasteiger partial charge in [-0.2, -0.15) is 5.10 Å². The molecule has 3 nitrogen and oxygen atoms in total. The van der Waals surface area contributed by atoms with Crippen molar-refractivity contribution in [3.8, 4) is 0 Å². The van der Waals surface area contributed by atoms with Crippen LogP contribution in [0.1, 0.15) is 21.4 Å². The van der Waals surface area contributed by atoms with E-state index < -0.39 is 6.10 Å². The molecule has 0 aliphatic heterocycles. The molecule has 1 N–H and O–H groups in total. The van der Waals surface area contributed by atoms with Gasteiger partial charge in [0.1, 0.15) is 0 Å². The maximum atomic E-state index is 10.1. The fourth-order valence-corrected chi connectivity index (χ4v) is 3.09. The number of rotatable bonds is 3. The van der Waals surface area contributed by atoms with Crippen molar-refractivity contribution < 1.29 is 5.11 Å². The van der Waals surface area contributed by atoms with E-state index in [1.807, 2.05) is 26.2 Å². The van der Waals surface area contributed by atoms with Crippen molar-refractivity contribution in [2.75, 3.05) is 0 Å². The predicted octanol–water partition coefficient (Wildman–Crippen LogP) is 2.83. The molecule has 0 aliphatic rings. The van der Waals surface area contributed by atoms with E-state index in [0.717, 1.165) is 14.9 Å². The lowest BCUT2D eigenvalue weighted by Gasteiger charge is -2.05. The first-order valence-electron chi connectivity index (χ1n) is 4.97. The summed E-state index contributed by atoms with van der Waals surface area (Å²) < 4.78 is 2.82. The standard InChI is InChI=1S/C11H13BrN2OS/c1-7-9(12)4-11(16-7)10(15)3-8-5-13-14(2)6-8/h4-6,10,15H,3H2,1-2H3. The molecule has 0 saturated carbocycles. The molecule has 1 unspecified atom stereocenters. The Kier molecular flexibility index (Phi) is 3.47. The molecule has 0 aromatic carbocycles. The highest BCUT2D eigenvalue weighted by Crippen LogP contribution is 2.31. The minimum Gasteiger partial charge on any atom is -0.387 e. The molecule has 0 aliphatic carbocycles. The molecule has 86 valence electrons. The molecule has 0 spiro atoms. The molecule has 2 rings (SSSR count). The van der Waals surface area contributed by atoms with Crippen molar-refractivity contribution in [2.45, 2.75) is 19.4 Å². The van der Waals surface area contributed by atoms with Gasteiger partial charge in [0.15, 0.2) is 0 Å². The monoisotopic (exact) mass is 300 g/mol. The van der Waals surface area contributed by atoms with E-state index in [-0.39, 0.29) is 0 Å². The SMILES string of the molecule is Cc1sc(C(O)Cc2cnn(C)c2)cc1Br. The topological polar surface area (TPSA) is 38.1 Å². The Morgan fingerprint density at radius 2 is 2.38 bits per heavy atom. The Bertz CT molecular complexity index is 472. The second-order valence-corrected chi connectivity index (χ2v) is 5.94. The summed E-state index contributed by atoms with van der Waals surface area (Å²) in [6.07, 6.45) is 3.89. The van der Waals surface area contributed by atoms with Gasteiger partial charge in [-0.25, -0.2) is 0 Å². The van der Waals surface area contributed by atoms with Crippen LogP contribution in [-0.2, 0) is 13.5 Å². The molecule has 0 fully saturated rings. The van der Waals surface area contributed by atoms with Crippen LogP contribution in [-0.4, -0.2) is 14.9 Å².